The summed E-state index contributed by atoms with van der Waals surface area (Å²) >= 11 is 12.9. The van der Waals surface area contributed by atoms with Gasteiger partial charge < -0.3 is 0 Å². The minimum atomic E-state index is -3.69. The number of nitrogens with zero attached hydrogens (tertiary/aromatic N) is 3. The van der Waals surface area contributed by atoms with Crippen molar-refractivity contribution in [2.24, 2.45) is 4.99 Å². The van der Waals surface area contributed by atoms with Crippen LogP contribution in [0.25, 0.3) is 0 Å². The zero-order valence-corrected chi connectivity index (χ0v) is 18.6. The van der Waals surface area contributed by atoms with E-state index in [0.29, 0.717) is 10.0 Å². The van der Waals surface area contributed by atoms with Gasteiger partial charge in [0, 0.05) is 23.1 Å². The smallest absolute Gasteiger partial charge is 0.253 e. The average molecular weight is 446 g/mol. The summed E-state index contributed by atoms with van der Waals surface area (Å²) in [7, 11) is -1.95. The summed E-state index contributed by atoms with van der Waals surface area (Å²) in [5, 5.41) is 1.13. The van der Waals surface area contributed by atoms with Crippen molar-refractivity contribution in [3.8, 4) is 0 Å². The molecule has 0 fully saturated rings. The number of aliphatic imine (C=N–C) groups is 1. The Morgan fingerprint density at radius 1 is 1.07 bits per heavy atom. The fourth-order valence-electron chi connectivity index (χ4n) is 2.18. The number of rotatable bonds is 7. The first-order valence-corrected chi connectivity index (χ1v) is 11.0. The Labute approximate surface area is 175 Å². The Morgan fingerprint density at radius 2 is 1.67 bits per heavy atom. The van der Waals surface area contributed by atoms with Gasteiger partial charge in [0.2, 0.25) is 0 Å². The summed E-state index contributed by atoms with van der Waals surface area (Å²) in [4.78, 5) is 4.60. The second-order valence-corrected chi connectivity index (χ2v) is 10.2. The standard InChI is InChI=1S/C18H21Cl2N3O2S2/c1-13(2)23(27(24,25)17-8-5-15(19)6-9-17)26-22(4)12-21-18-10-7-16(20)11-14(18)3/h5-13H,1-4H3. The van der Waals surface area contributed by atoms with Gasteiger partial charge in [0.05, 0.1) is 22.7 Å². The maximum atomic E-state index is 13.0. The van der Waals surface area contributed by atoms with Gasteiger partial charge in [-0.05, 0) is 68.8 Å². The monoisotopic (exact) mass is 445 g/mol. The highest BCUT2D eigenvalue weighted by Crippen LogP contribution is 2.28. The van der Waals surface area contributed by atoms with E-state index in [-0.39, 0.29) is 10.9 Å². The molecule has 0 unspecified atom stereocenters. The van der Waals surface area contributed by atoms with E-state index in [1.807, 2.05) is 32.9 Å². The van der Waals surface area contributed by atoms with E-state index in [0.717, 1.165) is 23.4 Å². The number of hydrogen-bond acceptors (Lipinski definition) is 4. The molecule has 2 aromatic rings. The van der Waals surface area contributed by atoms with Crippen LogP contribution >= 0.6 is 35.3 Å². The Balaban J connectivity index is 2.19. The molecule has 0 N–H and O–H groups in total. The van der Waals surface area contributed by atoms with Gasteiger partial charge in [-0.1, -0.05) is 23.2 Å². The largest absolute Gasteiger partial charge is 0.296 e. The highest BCUT2D eigenvalue weighted by atomic mass is 35.5. The lowest BCUT2D eigenvalue weighted by molar-refractivity contribution is 0.495. The van der Waals surface area contributed by atoms with Crippen LogP contribution in [0.5, 0.6) is 0 Å². The molecule has 9 heteroatoms. The lowest BCUT2D eigenvalue weighted by atomic mass is 10.2. The van der Waals surface area contributed by atoms with Gasteiger partial charge in [-0.2, -0.15) is 0 Å². The first kappa shape index (κ1) is 22.0. The van der Waals surface area contributed by atoms with Gasteiger partial charge in [0.15, 0.2) is 0 Å². The summed E-state index contributed by atoms with van der Waals surface area (Å²) in [6.45, 7) is 5.54. The fraction of sp³-hybridized carbons (Fsp3) is 0.278. The lowest BCUT2D eigenvalue weighted by Crippen LogP contribution is -2.34. The van der Waals surface area contributed by atoms with Crippen molar-refractivity contribution in [2.75, 3.05) is 7.05 Å². The van der Waals surface area contributed by atoms with Crippen LogP contribution in [-0.2, 0) is 10.0 Å². The third-order valence-electron chi connectivity index (χ3n) is 3.50. The normalized spacial score (nSPS) is 12.3. The Bertz CT molecular complexity index is 917. The average Bonchev–Trinajstić information content (AvgIpc) is 2.59. The number of sulfonamides is 1. The first-order valence-electron chi connectivity index (χ1n) is 8.12. The van der Waals surface area contributed by atoms with Crippen LogP contribution in [0.1, 0.15) is 19.4 Å². The molecule has 0 saturated heterocycles. The Kier molecular flexibility index (Phi) is 7.59. The molecule has 0 radical (unpaired) electrons. The van der Waals surface area contributed by atoms with E-state index in [1.54, 1.807) is 35.9 Å². The van der Waals surface area contributed by atoms with Crippen LogP contribution in [0.3, 0.4) is 0 Å². The molecule has 0 aromatic heterocycles. The van der Waals surface area contributed by atoms with Crippen molar-refractivity contribution in [3.05, 3.63) is 58.1 Å². The van der Waals surface area contributed by atoms with Crippen molar-refractivity contribution in [2.45, 2.75) is 31.7 Å². The molecule has 5 nitrogen and oxygen atoms in total. The van der Waals surface area contributed by atoms with Gasteiger partial charge in [0.25, 0.3) is 10.0 Å². The zero-order chi connectivity index (χ0) is 20.2. The van der Waals surface area contributed by atoms with Crippen LogP contribution in [0.15, 0.2) is 52.4 Å². The quantitative estimate of drug-likeness (QED) is 0.318. The molecule has 0 amide bonds. The van der Waals surface area contributed by atoms with Crippen molar-refractivity contribution in [3.63, 3.8) is 0 Å². The number of benzene rings is 2. The van der Waals surface area contributed by atoms with Crippen LogP contribution in [-0.4, -0.2) is 35.9 Å². The molecular formula is C18H21Cl2N3O2S2. The van der Waals surface area contributed by atoms with Crippen LogP contribution in [0, 0.1) is 6.92 Å². The zero-order valence-electron chi connectivity index (χ0n) is 15.4. The van der Waals surface area contributed by atoms with E-state index in [4.69, 9.17) is 23.2 Å². The first-order chi connectivity index (χ1) is 12.6. The van der Waals surface area contributed by atoms with Gasteiger partial charge >= 0.3 is 0 Å². The molecule has 0 spiro atoms. The topological polar surface area (TPSA) is 53.0 Å². The summed E-state index contributed by atoms with van der Waals surface area (Å²) in [5.41, 5.74) is 1.70. The van der Waals surface area contributed by atoms with Crippen LogP contribution in [0.2, 0.25) is 10.0 Å². The van der Waals surface area contributed by atoms with E-state index in [2.05, 4.69) is 4.99 Å². The predicted molar refractivity (Wildman–Crippen MR) is 115 cm³/mol. The van der Waals surface area contributed by atoms with Gasteiger partial charge in [0.1, 0.15) is 6.34 Å². The van der Waals surface area contributed by atoms with Gasteiger partial charge in [-0.25, -0.2) is 13.4 Å². The summed E-state index contributed by atoms with van der Waals surface area (Å²) in [5.74, 6) is 0. The summed E-state index contributed by atoms with van der Waals surface area (Å²) in [6.07, 6.45) is 1.58. The summed E-state index contributed by atoms with van der Waals surface area (Å²) in [6, 6.07) is 11.3. The minimum Gasteiger partial charge on any atom is -0.296 e. The molecule has 0 aliphatic heterocycles. The van der Waals surface area contributed by atoms with Crippen molar-refractivity contribution < 1.29 is 8.42 Å². The molecule has 0 heterocycles. The number of halogens is 2. The molecule has 0 atom stereocenters. The second kappa shape index (κ2) is 9.30. The van der Waals surface area contributed by atoms with E-state index >= 15 is 0 Å². The molecule has 0 aliphatic rings. The number of hydrogen-bond donors (Lipinski definition) is 0. The molecule has 2 aromatic carbocycles. The van der Waals surface area contributed by atoms with E-state index in [9.17, 15) is 8.42 Å². The molecule has 146 valence electrons. The highest BCUT2D eigenvalue weighted by molar-refractivity contribution is 8.07. The van der Waals surface area contributed by atoms with Crippen LogP contribution < -0.4 is 0 Å². The van der Waals surface area contributed by atoms with Crippen LogP contribution in [0.4, 0.5) is 5.69 Å². The predicted octanol–water partition coefficient (Wildman–Crippen LogP) is 5.56. The van der Waals surface area contributed by atoms with E-state index in [1.165, 1.54) is 15.8 Å². The Morgan fingerprint density at radius 3 is 2.22 bits per heavy atom. The third kappa shape index (κ3) is 5.86. The second-order valence-electron chi connectivity index (χ2n) is 6.11. The summed E-state index contributed by atoms with van der Waals surface area (Å²) < 4.78 is 28.9. The van der Waals surface area contributed by atoms with Crippen molar-refractivity contribution in [1.82, 2.24) is 8.02 Å². The maximum absolute atomic E-state index is 13.0. The molecule has 2 rings (SSSR count). The van der Waals surface area contributed by atoms with Gasteiger partial charge in [-0.3, -0.25) is 4.31 Å². The SMILES string of the molecule is Cc1cc(Cl)ccc1N=CN(C)SN(C(C)C)S(=O)(=O)c1ccc(Cl)cc1. The number of aryl methyl sites for hydroxylation is 1. The lowest BCUT2D eigenvalue weighted by Gasteiger charge is -2.27. The molecule has 27 heavy (non-hydrogen) atoms. The molecule has 0 aliphatic carbocycles. The fourth-order valence-corrected chi connectivity index (χ4v) is 5.23. The molecule has 0 bridgehead atoms. The van der Waals surface area contributed by atoms with Crippen molar-refractivity contribution >= 4 is 57.4 Å². The molecular weight excluding hydrogens is 425 g/mol. The van der Waals surface area contributed by atoms with Crippen molar-refractivity contribution in [1.29, 1.82) is 0 Å². The third-order valence-corrected chi connectivity index (χ3v) is 7.47. The highest BCUT2D eigenvalue weighted by Gasteiger charge is 2.29. The maximum Gasteiger partial charge on any atom is 0.253 e. The van der Waals surface area contributed by atoms with E-state index < -0.39 is 10.0 Å². The molecule has 0 saturated carbocycles. The minimum absolute atomic E-state index is 0.187. The van der Waals surface area contributed by atoms with Gasteiger partial charge in [-0.15, -0.1) is 3.71 Å². The Hall–Kier alpha value is -1.25.